The van der Waals surface area contributed by atoms with Gasteiger partial charge in [-0.05, 0) is 68.3 Å². The lowest BCUT2D eigenvalue weighted by Crippen LogP contribution is -2.37. The SMILES string of the molecule is CSc1cccc(NC(=O)CCN(CC(=O)Nc2cc(C)ccc2C)C2CC2)c1. The standard InChI is InChI=1S/C23H29N3O2S/c1-16-7-8-17(2)21(13-16)25-23(28)15-26(19-9-10-19)12-11-22(27)24-18-5-4-6-20(14-18)29-3/h4-8,13-14,19H,9-12,15H2,1-3H3,(H,24,27)(H,25,28). The van der Waals surface area contributed by atoms with E-state index in [0.717, 1.165) is 40.2 Å². The van der Waals surface area contributed by atoms with E-state index in [1.807, 2.05) is 62.6 Å². The Morgan fingerprint density at radius 3 is 2.59 bits per heavy atom. The Balaban J connectivity index is 1.51. The van der Waals surface area contributed by atoms with Crippen molar-refractivity contribution < 1.29 is 9.59 Å². The number of nitrogens with zero attached hydrogens (tertiary/aromatic N) is 1. The van der Waals surface area contributed by atoms with Gasteiger partial charge in [-0.15, -0.1) is 11.8 Å². The molecule has 5 nitrogen and oxygen atoms in total. The van der Waals surface area contributed by atoms with Crippen molar-refractivity contribution >= 4 is 35.0 Å². The van der Waals surface area contributed by atoms with Crippen LogP contribution < -0.4 is 10.6 Å². The third-order valence-corrected chi connectivity index (χ3v) is 5.78. The summed E-state index contributed by atoms with van der Waals surface area (Å²) >= 11 is 1.65. The van der Waals surface area contributed by atoms with Gasteiger partial charge in [-0.3, -0.25) is 14.5 Å². The molecule has 1 aliphatic carbocycles. The van der Waals surface area contributed by atoms with Gasteiger partial charge in [0.1, 0.15) is 0 Å². The van der Waals surface area contributed by atoms with Gasteiger partial charge in [-0.1, -0.05) is 18.2 Å². The largest absolute Gasteiger partial charge is 0.326 e. The summed E-state index contributed by atoms with van der Waals surface area (Å²) in [5.41, 5.74) is 3.84. The zero-order valence-electron chi connectivity index (χ0n) is 17.3. The van der Waals surface area contributed by atoms with Crippen LogP contribution in [0, 0.1) is 13.8 Å². The van der Waals surface area contributed by atoms with Gasteiger partial charge < -0.3 is 10.6 Å². The zero-order valence-corrected chi connectivity index (χ0v) is 18.1. The molecule has 2 aromatic rings. The molecule has 0 spiro atoms. The number of thioether (sulfide) groups is 1. The Morgan fingerprint density at radius 1 is 1.07 bits per heavy atom. The third-order valence-electron chi connectivity index (χ3n) is 5.06. The number of hydrogen-bond donors (Lipinski definition) is 2. The third kappa shape index (κ3) is 6.61. The first-order valence-corrected chi connectivity index (χ1v) is 11.2. The van der Waals surface area contributed by atoms with E-state index < -0.39 is 0 Å². The van der Waals surface area contributed by atoms with Crippen LogP contribution in [0.2, 0.25) is 0 Å². The summed E-state index contributed by atoms with van der Waals surface area (Å²) in [6.07, 6.45) is 4.57. The van der Waals surface area contributed by atoms with Crippen LogP contribution in [0.15, 0.2) is 47.4 Å². The quantitative estimate of drug-likeness (QED) is 0.598. The number of aryl methyl sites for hydroxylation is 2. The van der Waals surface area contributed by atoms with E-state index in [2.05, 4.69) is 15.5 Å². The van der Waals surface area contributed by atoms with Crippen LogP contribution in [0.25, 0.3) is 0 Å². The van der Waals surface area contributed by atoms with Crippen LogP contribution in [-0.2, 0) is 9.59 Å². The van der Waals surface area contributed by atoms with Crippen LogP contribution in [0.5, 0.6) is 0 Å². The highest BCUT2D eigenvalue weighted by Crippen LogP contribution is 2.27. The molecule has 0 aliphatic heterocycles. The Hall–Kier alpha value is -2.31. The first-order valence-electron chi connectivity index (χ1n) is 9.99. The molecule has 6 heteroatoms. The summed E-state index contributed by atoms with van der Waals surface area (Å²) in [5, 5.41) is 5.98. The molecular weight excluding hydrogens is 382 g/mol. The minimum absolute atomic E-state index is 0.0242. The lowest BCUT2D eigenvalue weighted by molar-refractivity contribution is -0.119. The average Bonchev–Trinajstić information content (AvgIpc) is 3.53. The van der Waals surface area contributed by atoms with E-state index >= 15 is 0 Å². The Bertz CT molecular complexity index is 880. The van der Waals surface area contributed by atoms with Crippen molar-refractivity contribution in [3.63, 3.8) is 0 Å². The number of carbonyl (C=O) groups excluding carboxylic acids is 2. The maximum atomic E-state index is 12.6. The minimum Gasteiger partial charge on any atom is -0.326 e. The molecule has 2 N–H and O–H groups in total. The van der Waals surface area contributed by atoms with Crippen molar-refractivity contribution in [2.75, 3.05) is 30.0 Å². The second-order valence-corrected chi connectivity index (χ2v) is 8.48. The second-order valence-electron chi connectivity index (χ2n) is 7.60. The van der Waals surface area contributed by atoms with Crippen LogP contribution >= 0.6 is 11.8 Å². The summed E-state index contributed by atoms with van der Waals surface area (Å²) in [4.78, 5) is 28.2. The molecular formula is C23H29N3O2S. The second kappa shape index (κ2) is 9.94. The Morgan fingerprint density at radius 2 is 1.86 bits per heavy atom. The predicted molar refractivity (Wildman–Crippen MR) is 121 cm³/mol. The maximum Gasteiger partial charge on any atom is 0.238 e. The predicted octanol–water partition coefficient (Wildman–Crippen LogP) is 4.46. The first-order chi connectivity index (χ1) is 13.9. The van der Waals surface area contributed by atoms with Crippen LogP contribution in [0.4, 0.5) is 11.4 Å². The van der Waals surface area contributed by atoms with Crippen LogP contribution in [0.1, 0.15) is 30.4 Å². The highest BCUT2D eigenvalue weighted by molar-refractivity contribution is 7.98. The zero-order chi connectivity index (χ0) is 20.8. The molecule has 29 heavy (non-hydrogen) atoms. The first kappa shape index (κ1) is 21.4. The van der Waals surface area contributed by atoms with E-state index in [4.69, 9.17) is 0 Å². The monoisotopic (exact) mass is 411 g/mol. The van der Waals surface area contributed by atoms with Crippen molar-refractivity contribution in [3.05, 3.63) is 53.6 Å². The van der Waals surface area contributed by atoms with Crippen molar-refractivity contribution in [2.45, 2.75) is 44.0 Å². The van der Waals surface area contributed by atoms with Crippen molar-refractivity contribution in [3.8, 4) is 0 Å². The summed E-state index contributed by atoms with van der Waals surface area (Å²) < 4.78 is 0. The fourth-order valence-electron chi connectivity index (χ4n) is 3.24. The van der Waals surface area contributed by atoms with Gasteiger partial charge in [-0.2, -0.15) is 0 Å². The fraction of sp³-hybridized carbons (Fsp3) is 0.391. The van der Waals surface area contributed by atoms with Crippen molar-refractivity contribution in [2.24, 2.45) is 0 Å². The van der Waals surface area contributed by atoms with Gasteiger partial charge in [0.2, 0.25) is 11.8 Å². The number of hydrogen-bond acceptors (Lipinski definition) is 4. The highest BCUT2D eigenvalue weighted by atomic mass is 32.2. The highest BCUT2D eigenvalue weighted by Gasteiger charge is 2.30. The summed E-state index contributed by atoms with van der Waals surface area (Å²) in [5.74, 6) is -0.0532. The molecule has 2 amide bonds. The molecule has 0 saturated heterocycles. The van der Waals surface area contributed by atoms with Gasteiger partial charge in [0, 0.05) is 35.3 Å². The van der Waals surface area contributed by atoms with E-state index in [1.165, 1.54) is 0 Å². The average molecular weight is 412 g/mol. The molecule has 0 heterocycles. The molecule has 0 unspecified atom stereocenters. The minimum atomic E-state index is -0.0290. The van der Waals surface area contributed by atoms with Gasteiger partial charge in [0.25, 0.3) is 0 Å². The van der Waals surface area contributed by atoms with Gasteiger partial charge >= 0.3 is 0 Å². The molecule has 0 aromatic heterocycles. The van der Waals surface area contributed by atoms with Crippen molar-refractivity contribution in [1.82, 2.24) is 4.90 Å². The van der Waals surface area contributed by atoms with Gasteiger partial charge in [-0.25, -0.2) is 0 Å². The van der Waals surface area contributed by atoms with E-state index in [1.54, 1.807) is 11.8 Å². The van der Waals surface area contributed by atoms with Gasteiger partial charge in [0.15, 0.2) is 0 Å². The molecule has 3 rings (SSSR count). The van der Waals surface area contributed by atoms with Crippen molar-refractivity contribution in [1.29, 1.82) is 0 Å². The molecule has 2 aromatic carbocycles. The lowest BCUT2D eigenvalue weighted by Gasteiger charge is -2.21. The normalized spacial score (nSPS) is 13.4. The molecule has 1 fully saturated rings. The van der Waals surface area contributed by atoms with Crippen LogP contribution in [0.3, 0.4) is 0 Å². The summed E-state index contributed by atoms with van der Waals surface area (Å²) in [6, 6.07) is 14.3. The summed E-state index contributed by atoms with van der Waals surface area (Å²) in [7, 11) is 0. The number of nitrogens with one attached hydrogen (secondary N) is 2. The smallest absolute Gasteiger partial charge is 0.238 e. The van der Waals surface area contributed by atoms with Gasteiger partial charge in [0.05, 0.1) is 6.54 Å². The number of amides is 2. The van der Waals surface area contributed by atoms with E-state index in [-0.39, 0.29) is 11.8 Å². The van der Waals surface area contributed by atoms with E-state index in [0.29, 0.717) is 25.6 Å². The lowest BCUT2D eigenvalue weighted by atomic mass is 10.1. The molecule has 0 bridgehead atoms. The van der Waals surface area contributed by atoms with Crippen LogP contribution in [-0.4, -0.2) is 42.1 Å². The molecule has 1 saturated carbocycles. The Labute approximate surface area is 177 Å². The number of anilines is 2. The number of benzene rings is 2. The Kier molecular flexibility index (Phi) is 7.34. The molecule has 1 aliphatic rings. The molecule has 0 atom stereocenters. The fourth-order valence-corrected chi connectivity index (χ4v) is 3.70. The maximum absolute atomic E-state index is 12.6. The molecule has 154 valence electrons. The molecule has 0 radical (unpaired) electrons. The summed E-state index contributed by atoms with van der Waals surface area (Å²) in [6.45, 7) is 4.90. The van der Waals surface area contributed by atoms with E-state index in [9.17, 15) is 9.59 Å². The number of rotatable bonds is 9. The number of carbonyl (C=O) groups is 2. The topological polar surface area (TPSA) is 61.4 Å².